The molecule has 0 aromatic rings. The first kappa shape index (κ1) is 18.3. The van der Waals surface area contributed by atoms with Crippen LogP contribution >= 0.6 is 0 Å². The molecule has 4 rings (SSSR count). The van der Waals surface area contributed by atoms with Crippen molar-refractivity contribution in [2.24, 2.45) is 34.5 Å². The minimum atomic E-state index is 0.254. The number of hydrogen-bond acceptors (Lipinski definition) is 2. The molecule has 3 unspecified atom stereocenters. The Morgan fingerprint density at radius 3 is 2.77 bits per heavy atom. The Morgan fingerprint density at radius 1 is 1.27 bits per heavy atom. The Morgan fingerprint density at radius 2 is 2.04 bits per heavy atom. The van der Waals surface area contributed by atoms with Crippen LogP contribution in [0.5, 0.6) is 0 Å². The summed E-state index contributed by atoms with van der Waals surface area (Å²) >= 11 is 0. The van der Waals surface area contributed by atoms with Crippen LogP contribution in [0.25, 0.3) is 0 Å². The summed E-state index contributed by atoms with van der Waals surface area (Å²) in [5, 5.41) is 0. The molecule has 26 heavy (non-hydrogen) atoms. The fourth-order valence-electron chi connectivity index (χ4n) is 7.70. The molecule has 0 saturated heterocycles. The first-order valence-electron chi connectivity index (χ1n) is 10.9. The van der Waals surface area contributed by atoms with Gasteiger partial charge in [0.25, 0.3) is 0 Å². The van der Waals surface area contributed by atoms with Gasteiger partial charge in [0, 0.05) is 18.3 Å². The first-order chi connectivity index (χ1) is 12.3. The monoisotopic (exact) mass is 356 g/mol. The van der Waals surface area contributed by atoms with E-state index in [-0.39, 0.29) is 5.41 Å². The average Bonchev–Trinajstić information content (AvgIpc) is 2.91. The lowest BCUT2D eigenvalue weighted by Crippen LogP contribution is -2.54. The second kappa shape index (κ2) is 6.24. The average molecular weight is 357 g/mol. The van der Waals surface area contributed by atoms with Gasteiger partial charge in [-0.2, -0.15) is 0 Å². The molecule has 0 spiro atoms. The minimum Gasteiger partial charge on any atom is -0.495 e. The maximum Gasteiger partial charge on any atom is 0.155 e. The zero-order valence-corrected chi connectivity index (χ0v) is 17.1. The van der Waals surface area contributed by atoms with Crippen LogP contribution in [0.1, 0.15) is 79.1 Å². The zero-order valence-electron chi connectivity index (χ0n) is 17.1. The van der Waals surface area contributed by atoms with Gasteiger partial charge < -0.3 is 4.74 Å². The smallest absolute Gasteiger partial charge is 0.155 e. The molecule has 0 aromatic carbocycles. The minimum absolute atomic E-state index is 0.254. The van der Waals surface area contributed by atoms with Gasteiger partial charge in [0.15, 0.2) is 5.78 Å². The van der Waals surface area contributed by atoms with E-state index in [0.717, 1.165) is 49.2 Å². The topological polar surface area (TPSA) is 26.3 Å². The van der Waals surface area contributed by atoms with Gasteiger partial charge in [-0.3, -0.25) is 4.79 Å². The highest BCUT2D eigenvalue weighted by molar-refractivity contribution is 5.91. The Balaban J connectivity index is 1.64. The van der Waals surface area contributed by atoms with Gasteiger partial charge in [0.1, 0.15) is 6.10 Å². The molecule has 0 radical (unpaired) electrons. The second-order valence-corrected chi connectivity index (χ2v) is 10.2. The molecule has 4 aliphatic rings. The molecule has 0 heterocycles. The van der Waals surface area contributed by atoms with E-state index in [2.05, 4.69) is 34.3 Å². The lowest BCUT2D eigenvalue weighted by Gasteiger charge is -2.60. The van der Waals surface area contributed by atoms with Crippen LogP contribution in [0.15, 0.2) is 24.0 Å². The van der Waals surface area contributed by atoms with Crippen LogP contribution in [0.4, 0.5) is 0 Å². The van der Waals surface area contributed by atoms with E-state index in [1.807, 2.05) is 6.08 Å². The largest absolute Gasteiger partial charge is 0.495 e. The van der Waals surface area contributed by atoms with Crippen molar-refractivity contribution in [1.29, 1.82) is 0 Å². The van der Waals surface area contributed by atoms with Crippen LogP contribution < -0.4 is 0 Å². The van der Waals surface area contributed by atoms with Crippen LogP contribution in [0.3, 0.4) is 0 Å². The number of fused-ring (bicyclic) bond motifs is 5. The van der Waals surface area contributed by atoms with E-state index in [4.69, 9.17) is 4.74 Å². The molecule has 4 aliphatic carbocycles. The number of ether oxygens (including phenoxy) is 1. The van der Waals surface area contributed by atoms with Crippen LogP contribution in [0, 0.1) is 34.5 Å². The molecule has 0 N–H and O–H groups in total. The SMILES string of the molecule is C=C(CC)O[C@H]1CCC2C3CCC4=CC(=O)CC[C@]4(C)C3[C@H](C)C[C@@]21C. The quantitative estimate of drug-likeness (QED) is 0.573. The predicted molar refractivity (Wildman–Crippen MR) is 106 cm³/mol. The van der Waals surface area contributed by atoms with E-state index in [1.165, 1.54) is 31.3 Å². The molecular formula is C24H36O2. The van der Waals surface area contributed by atoms with Gasteiger partial charge in [0.05, 0.1) is 5.76 Å². The summed E-state index contributed by atoms with van der Waals surface area (Å²) in [5.74, 6) is 4.32. The van der Waals surface area contributed by atoms with Gasteiger partial charge in [0.2, 0.25) is 0 Å². The number of ketones is 1. The van der Waals surface area contributed by atoms with Crippen LogP contribution in [-0.2, 0) is 9.53 Å². The van der Waals surface area contributed by atoms with E-state index >= 15 is 0 Å². The summed E-state index contributed by atoms with van der Waals surface area (Å²) in [7, 11) is 0. The molecule has 2 heteroatoms. The summed E-state index contributed by atoms with van der Waals surface area (Å²) < 4.78 is 6.36. The predicted octanol–water partition coefficient (Wildman–Crippen LogP) is 6.07. The molecule has 0 amide bonds. The highest BCUT2D eigenvalue weighted by Crippen LogP contribution is 2.67. The Labute approximate surface area is 159 Å². The number of hydrogen-bond donors (Lipinski definition) is 0. The van der Waals surface area contributed by atoms with Gasteiger partial charge in [-0.25, -0.2) is 0 Å². The molecule has 0 aliphatic heterocycles. The van der Waals surface area contributed by atoms with Crippen molar-refractivity contribution in [2.75, 3.05) is 0 Å². The van der Waals surface area contributed by atoms with Crippen molar-refractivity contribution in [3.63, 3.8) is 0 Å². The molecule has 2 nitrogen and oxygen atoms in total. The molecule has 0 bridgehead atoms. The first-order valence-corrected chi connectivity index (χ1v) is 10.9. The van der Waals surface area contributed by atoms with E-state index in [0.29, 0.717) is 23.2 Å². The Kier molecular flexibility index (Phi) is 4.40. The number of carbonyl (C=O) groups is 1. The Bertz CT molecular complexity index is 647. The fourth-order valence-corrected chi connectivity index (χ4v) is 7.70. The molecule has 7 atom stereocenters. The molecular weight excluding hydrogens is 320 g/mol. The van der Waals surface area contributed by atoms with Crippen molar-refractivity contribution >= 4 is 5.78 Å². The standard InChI is InChI=1S/C24H36O2/c1-6-16(3)26-21-10-9-20-19-8-7-17-13-18(25)11-12-23(17,4)22(19)15(2)14-24(20,21)5/h13,15,19-22H,3,6-12,14H2,1-2,4-5H3/t15-,19?,20?,21+,22?,23+,24+/m1/s1. The van der Waals surface area contributed by atoms with Crippen molar-refractivity contribution in [2.45, 2.75) is 85.2 Å². The maximum atomic E-state index is 12.0. The van der Waals surface area contributed by atoms with Crippen molar-refractivity contribution in [3.05, 3.63) is 24.0 Å². The van der Waals surface area contributed by atoms with E-state index in [9.17, 15) is 4.79 Å². The summed E-state index contributed by atoms with van der Waals surface area (Å²) in [6, 6.07) is 0. The number of allylic oxidation sites excluding steroid dienone is 2. The summed E-state index contributed by atoms with van der Waals surface area (Å²) in [6.07, 6.45) is 11.3. The van der Waals surface area contributed by atoms with Crippen molar-refractivity contribution in [1.82, 2.24) is 0 Å². The molecule has 0 aromatic heterocycles. The van der Waals surface area contributed by atoms with Gasteiger partial charge >= 0.3 is 0 Å². The molecule has 144 valence electrons. The normalized spacial score (nSPS) is 47.5. The van der Waals surface area contributed by atoms with E-state index < -0.39 is 0 Å². The summed E-state index contributed by atoms with van der Waals surface area (Å²) in [4.78, 5) is 12.0. The lowest BCUT2D eigenvalue weighted by atomic mass is 9.45. The third-order valence-corrected chi connectivity index (χ3v) is 8.82. The second-order valence-electron chi connectivity index (χ2n) is 10.2. The highest BCUT2D eigenvalue weighted by Gasteiger charge is 2.61. The fraction of sp³-hybridized carbons (Fsp3) is 0.792. The third-order valence-electron chi connectivity index (χ3n) is 8.82. The maximum absolute atomic E-state index is 12.0. The van der Waals surface area contributed by atoms with E-state index in [1.54, 1.807) is 0 Å². The molecule has 3 saturated carbocycles. The van der Waals surface area contributed by atoms with Crippen molar-refractivity contribution in [3.8, 4) is 0 Å². The van der Waals surface area contributed by atoms with Gasteiger partial charge in [-0.05, 0) is 73.7 Å². The highest BCUT2D eigenvalue weighted by atomic mass is 16.5. The Hall–Kier alpha value is -1.05. The van der Waals surface area contributed by atoms with Crippen molar-refractivity contribution < 1.29 is 9.53 Å². The molecule has 3 fully saturated rings. The number of rotatable bonds is 3. The van der Waals surface area contributed by atoms with Crippen LogP contribution in [-0.4, -0.2) is 11.9 Å². The van der Waals surface area contributed by atoms with Crippen LogP contribution in [0.2, 0.25) is 0 Å². The summed E-state index contributed by atoms with van der Waals surface area (Å²) in [6.45, 7) is 13.7. The third kappa shape index (κ3) is 2.54. The van der Waals surface area contributed by atoms with Gasteiger partial charge in [-0.15, -0.1) is 0 Å². The zero-order chi connectivity index (χ0) is 18.7. The lowest BCUT2D eigenvalue weighted by molar-refractivity contribution is -0.122. The van der Waals surface area contributed by atoms with Gasteiger partial charge in [-0.1, -0.05) is 39.8 Å². The number of carbonyl (C=O) groups excluding carboxylic acids is 1. The summed E-state index contributed by atoms with van der Waals surface area (Å²) in [5.41, 5.74) is 2.01.